The highest BCUT2D eigenvalue weighted by molar-refractivity contribution is 5.71. The van der Waals surface area contributed by atoms with Gasteiger partial charge in [-0.05, 0) is 30.9 Å². The summed E-state index contributed by atoms with van der Waals surface area (Å²) in [6.45, 7) is 4.32. The van der Waals surface area contributed by atoms with Gasteiger partial charge in [0.2, 0.25) is 0 Å². The molecule has 0 radical (unpaired) electrons. The van der Waals surface area contributed by atoms with Crippen LogP contribution in [0.1, 0.15) is 19.8 Å². The molecule has 29 heavy (non-hydrogen) atoms. The largest absolute Gasteiger partial charge is 0.356 e. The Balaban J connectivity index is 1.67. The molecule has 1 aliphatic rings. The van der Waals surface area contributed by atoms with Crippen molar-refractivity contribution >= 4 is 11.5 Å². The van der Waals surface area contributed by atoms with Gasteiger partial charge in [-0.1, -0.05) is 49.4 Å². The first kappa shape index (κ1) is 17.9. The number of nitrogens with zero attached hydrogens (tertiary/aromatic N) is 4. The lowest BCUT2D eigenvalue weighted by molar-refractivity contribution is 0.435. The second-order valence-electron chi connectivity index (χ2n) is 7.85. The number of benzene rings is 2. The lowest BCUT2D eigenvalue weighted by atomic mass is 9.99. The van der Waals surface area contributed by atoms with Crippen LogP contribution in [0.4, 0.5) is 10.2 Å². The van der Waals surface area contributed by atoms with E-state index in [4.69, 9.17) is 10.1 Å². The molecular weight excluding hydrogens is 363 g/mol. The summed E-state index contributed by atoms with van der Waals surface area (Å²) < 4.78 is 15.6. The number of hydrogen-bond acceptors (Lipinski definition) is 3. The number of rotatable bonds is 3. The van der Waals surface area contributed by atoms with Crippen molar-refractivity contribution in [1.29, 1.82) is 0 Å². The molecule has 146 valence electrons. The Hall–Kier alpha value is -3.21. The molecule has 5 rings (SSSR count). The van der Waals surface area contributed by atoms with Crippen molar-refractivity contribution < 1.29 is 4.39 Å². The molecule has 2 aromatic heterocycles. The fraction of sp³-hybridized carbons (Fsp3) is 0.250. The van der Waals surface area contributed by atoms with Gasteiger partial charge in [-0.15, -0.1) is 0 Å². The van der Waals surface area contributed by atoms with Crippen molar-refractivity contribution in [2.45, 2.75) is 19.8 Å². The van der Waals surface area contributed by atoms with Crippen molar-refractivity contribution in [3.8, 4) is 22.5 Å². The third-order valence-electron chi connectivity index (χ3n) is 5.71. The molecular formula is C24H23FN4. The number of piperidine rings is 1. The molecule has 0 saturated carbocycles. The molecule has 1 aliphatic heterocycles. The van der Waals surface area contributed by atoms with Gasteiger partial charge in [-0.25, -0.2) is 9.37 Å². The molecule has 0 unspecified atom stereocenters. The minimum Gasteiger partial charge on any atom is -0.356 e. The summed E-state index contributed by atoms with van der Waals surface area (Å²) in [4.78, 5) is 7.26. The van der Waals surface area contributed by atoms with Gasteiger partial charge >= 0.3 is 0 Å². The number of aromatic nitrogens is 3. The molecule has 0 spiro atoms. The van der Waals surface area contributed by atoms with Gasteiger partial charge in [-0.2, -0.15) is 9.61 Å². The van der Waals surface area contributed by atoms with Crippen LogP contribution in [0.5, 0.6) is 0 Å². The molecule has 1 saturated heterocycles. The van der Waals surface area contributed by atoms with Crippen LogP contribution in [0, 0.1) is 11.7 Å². The van der Waals surface area contributed by atoms with Gasteiger partial charge in [0.15, 0.2) is 5.65 Å². The third-order valence-corrected chi connectivity index (χ3v) is 5.71. The second-order valence-corrected chi connectivity index (χ2v) is 7.85. The summed E-state index contributed by atoms with van der Waals surface area (Å²) in [6, 6.07) is 20.8. The van der Waals surface area contributed by atoms with Crippen molar-refractivity contribution in [3.05, 3.63) is 72.5 Å². The molecule has 3 heterocycles. The Labute approximate surface area is 169 Å². The van der Waals surface area contributed by atoms with Crippen molar-refractivity contribution in [2.24, 2.45) is 5.92 Å². The lowest BCUT2D eigenvalue weighted by Gasteiger charge is -2.32. The van der Waals surface area contributed by atoms with E-state index in [0.29, 0.717) is 0 Å². The molecule has 4 nitrogen and oxygen atoms in total. The zero-order valence-electron chi connectivity index (χ0n) is 16.4. The van der Waals surface area contributed by atoms with Crippen molar-refractivity contribution in [2.75, 3.05) is 18.0 Å². The van der Waals surface area contributed by atoms with Gasteiger partial charge in [0.1, 0.15) is 11.6 Å². The average Bonchev–Trinajstić information content (AvgIpc) is 3.19. The first-order chi connectivity index (χ1) is 14.2. The van der Waals surface area contributed by atoms with E-state index in [1.165, 1.54) is 25.0 Å². The first-order valence-electron chi connectivity index (χ1n) is 10.1. The minimum atomic E-state index is -0.261. The minimum absolute atomic E-state index is 0.261. The fourth-order valence-corrected chi connectivity index (χ4v) is 3.97. The van der Waals surface area contributed by atoms with Crippen LogP contribution < -0.4 is 4.90 Å². The monoisotopic (exact) mass is 386 g/mol. The Morgan fingerprint density at radius 3 is 2.38 bits per heavy atom. The van der Waals surface area contributed by atoms with Crippen molar-refractivity contribution in [3.63, 3.8) is 0 Å². The molecule has 5 heteroatoms. The van der Waals surface area contributed by atoms with Crippen LogP contribution in [0.3, 0.4) is 0 Å². The highest BCUT2D eigenvalue weighted by atomic mass is 19.1. The van der Waals surface area contributed by atoms with Crippen LogP contribution in [0.15, 0.2) is 66.7 Å². The van der Waals surface area contributed by atoms with E-state index < -0.39 is 0 Å². The van der Waals surface area contributed by atoms with Gasteiger partial charge in [0.25, 0.3) is 0 Å². The molecule has 0 bridgehead atoms. The van der Waals surface area contributed by atoms with E-state index in [2.05, 4.69) is 30.0 Å². The molecule has 0 aliphatic carbocycles. The van der Waals surface area contributed by atoms with E-state index in [1.54, 1.807) is 6.07 Å². The Morgan fingerprint density at radius 2 is 1.62 bits per heavy atom. The van der Waals surface area contributed by atoms with Crippen LogP contribution in [0.25, 0.3) is 28.2 Å². The highest BCUT2D eigenvalue weighted by Crippen LogP contribution is 2.30. The Bertz CT molecular complexity index is 1140. The predicted molar refractivity (Wildman–Crippen MR) is 114 cm³/mol. The Kier molecular flexibility index (Phi) is 4.51. The summed E-state index contributed by atoms with van der Waals surface area (Å²) in [6.07, 6.45) is 2.34. The summed E-state index contributed by atoms with van der Waals surface area (Å²) in [5.74, 6) is 1.53. The third kappa shape index (κ3) is 3.48. The second kappa shape index (κ2) is 7.32. The van der Waals surface area contributed by atoms with Crippen LogP contribution >= 0.6 is 0 Å². The zero-order valence-corrected chi connectivity index (χ0v) is 16.4. The van der Waals surface area contributed by atoms with Crippen LogP contribution in [-0.2, 0) is 0 Å². The van der Waals surface area contributed by atoms with Gasteiger partial charge in [0.05, 0.1) is 11.4 Å². The van der Waals surface area contributed by atoms with E-state index >= 15 is 0 Å². The molecule has 2 aromatic carbocycles. The lowest BCUT2D eigenvalue weighted by Crippen LogP contribution is -2.34. The summed E-state index contributed by atoms with van der Waals surface area (Å²) >= 11 is 0. The SMILES string of the molecule is CC1CCN(c2cc(-c3ccccc3)nc3cc(-c4cccc(F)c4)nn23)CC1. The quantitative estimate of drug-likeness (QED) is 0.470. The topological polar surface area (TPSA) is 33.4 Å². The summed E-state index contributed by atoms with van der Waals surface area (Å²) in [5.41, 5.74) is 4.27. The van der Waals surface area contributed by atoms with E-state index in [0.717, 1.165) is 53.0 Å². The smallest absolute Gasteiger partial charge is 0.158 e. The maximum Gasteiger partial charge on any atom is 0.158 e. The number of halogens is 1. The Morgan fingerprint density at radius 1 is 0.862 bits per heavy atom. The van der Waals surface area contributed by atoms with Gasteiger partial charge in [-0.3, -0.25) is 0 Å². The first-order valence-corrected chi connectivity index (χ1v) is 10.1. The van der Waals surface area contributed by atoms with Gasteiger partial charge < -0.3 is 4.90 Å². The molecule has 0 amide bonds. The highest BCUT2D eigenvalue weighted by Gasteiger charge is 2.21. The standard InChI is InChI=1S/C24H23FN4/c1-17-10-12-28(13-11-17)24-16-21(18-6-3-2-4-7-18)26-23-15-22(27-29(23)24)19-8-5-9-20(25)14-19/h2-9,14-17H,10-13H2,1H3. The number of hydrogen-bond donors (Lipinski definition) is 0. The average molecular weight is 386 g/mol. The van der Waals surface area contributed by atoms with E-state index in [-0.39, 0.29) is 5.82 Å². The van der Waals surface area contributed by atoms with Crippen LogP contribution in [0.2, 0.25) is 0 Å². The fourth-order valence-electron chi connectivity index (χ4n) is 3.97. The normalized spacial score (nSPS) is 15.2. The maximum atomic E-state index is 13.7. The molecule has 0 atom stereocenters. The number of fused-ring (bicyclic) bond motifs is 1. The molecule has 0 N–H and O–H groups in total. The number of anilines is 1. The summed E-state index contributed by atoms with van der Waals surface area (Å²) in [5, 5.41) is 4.80. The predicted octanol–water partition coefficient (Wildman–Crippen LogP) is 5.44. The zero-order chi connectivity index (χ0) is 19.8. The van der Waals surface area contributed by atoms with Crippen molar-refractivity contribution in [1.82, 2.24) is 14.6 Å². The summed E-state index contributed by atoms with van der Waals surface area (Å²) in [7, 11) is 0. The van der Waals surface area contributed by atoms with Crippen LogP contribution in [-0.4, -0.2) is 27.7 Å². The van der Waals surface area contributed by atoms with Gasteiger partial charge in [0, 0.05) is 36.3 Å². The van der Waals surface area contributed by atoms with E-state index in [9.17, 15) is 4.39 Å². The maximum absolute atomic E-state index is 13.7. The molecule has 4 aromatic rings. The molecule has 1 fully saturated rings. The van der Waals surface area contributed by atoms with E-state index in [1.807, 2.05) is 34.8 Å².